The maximum atomic E-state index is 13.0. The van der Waals surface area contributed by atoms with Crippen LogP contribution in [0.2, 0.25) is 5.04 Å². The number of methoxy groups -OCH3 is 1. The first-order valence-corrected chi connectivity index (χ1v) is 13.7. The quantitative estimate of drug-likeness (QED) is 0.473. The summed E-state index contributed by atoms with van der Waals surface area (Å²) in [4.78, 5) is 27.1. The van der Waals surface area contributed by atoms with Crippen LogP contribution in [0, 0.1) is 0 Å². The fraction of sp³-hybridized carbons (Fsp3) is 0.481. The molecule has 6 nitrogen and oxygen atoms in total. The third kappa shape index (κ3) is 5.36. The van der Waals surface area contributed by atoms with Gasteiger partial charge >= 0.3 is 12.1 Å². The number of hydrogen-bond donors (Lipinski definition) is 0. The van der Waals surface area contributed by atoms with Gasteiger partial charge in [-0.05, 0) is 36.2 Å². The van der Waals surface area contributed by atoms with Crippen LogP contribution in [0.5, 0.6) is 0 Å². The molecular formula is C27H37NO5Si. The van der Waals surface area contributed by atoms with Crippen molar-refractivity contribution in [3.05, 3.63) is 60.7 Å². The van der Waals surface area contributed by atoms with Gasteiger partial charge in [0, 0.05) is 13.0 Å². The second-order valence-electron chi connectivity index (χ2n) is 10.8. The van der Waals surface area contributed by atoms with E-state index in [1.165, 1.54) is 12.0 Å². The number of carbonyl (C=O) groups is 2. The summed E-state index contributed by atoms with van der Waals surface area (Å²) in [7, 11) is -1.49. The third-order valence-electron chi connectivity index (χ3n) is 6.12. The minimum Gasteiger partial charge on any atom is -0.467 e. The van der Waals surface area contributed by atoms with Gasteiger partial charge in [-0.25, -0.2) is 9.59 Å². The molecule has 2 atom stereocenters. The lowest BCUT2D eigenvalue weighted by molar-refractivity contribution is -0.145. The number of rotatable bonds is 5. The van der Waals surface area contributed by atoms with Crippen molar-refractivity contribution in [2.75, 3.05) is 13.7 Å². The van der Waals surface area contributed by atoms with Crippen LogP contribution in [0.15, 0.2) is 60.7 Å². The average Bonchev–Trinajstić information content (AvgIpc) is 3.20. The summed E-state index contributed by atoms with van der Waals surface area (Å²) in [5.74, 6) is -0.459. The number of likely N-dealkylation sites (tertiary alicyclic amines) is 1. The van der Waals surface area contributed by atoms with Gasteiger partial charge in [0.15, 0.2) is 0 Å². The smallest absolute Gasteiger partial charge is 0.411 e. The van der Waals surface area contributed by atoms with Gasteiger partial charge < -0.3 is 13.9 Å². The van der Waals surface area contributed by atoms with Crippen molar-refractivity contribution in [3.63, 3.8) is 0 Å². The summed E-state index contributed by atoms with van der Waals surface area (Å²) >= 11 is 0. The van der Waals surface area contributed by atoms with E-state index in [1.54, 1.807) is 0 Å². The van der Waals surface area contributed by atoms with Gasteiger partial charge in [0.25, 0.3) is 8.32 Å². The molecule has 7 heteroatoms. The lowest BCUT2D eigenvalue weighted by Crippen LogP contribution is -2.67. The first kappa shape index (κ1) is 26.0. The molecule has 0 saturated carbocycles. The van der Waals surface area contributed by atoms with Gasteiger partial charge in [-0.15, -0.1) is 0 Å². The molecule has 0 bridgehead atoms. The van der Waals surface area contributed by atoms with Crippen LogP contribution in [0.4, 0.5) is 4.79 Å². The monoisotopic (exact) mass is 483 g/mol. The molecule has 34 heavy (non-hydrogen) atoms. The van der Waals surface area contributed by atoms with E-state index in [1.807, 2.05) is 57.2 Å². The molecule has 1 amide bonds. The average molecular weight is 484 g/mol. The van der Waals surface area contributed by atoms with Crippen molar-refractivity contribution >= 4 is 30.8 Å². The highest BCUT2D eigenvalue weighted by atomic mass is 28.4. The van der Waals surface area contributed by atoms with E-state index in [0.717, 1.165) is 10.4 Å². The second-order valence-corrected chi connectivity index (χ2v) is 15.1. The van der Waals surface area contributed by atoms with Gasteiger partial charge in [-0.1, -0.05) is 81.4 Å². The Labute approximate surface area is 204 Å². The number of hydrogen-bond acceptors (Lipinski definition) is 5. The molecule has 184 valence electrons. The van der Waals surface area contributed by atoms with Gasteiger partial charge in [-0.3, -0.25) is 4.90 Å². The third-order valence-corrected chi connectivity index (χ3v) is 11.2. The van der Waals surface area contributed by atoms with Crippen LogP contribution in [-0.4, -0.2) is 56.7 Å². The van der Waals surface area contributed by atoms with Crippen molar-refractivity contribution < 1.29 is 23.5 Å². The molecular weight excluding hydrogens is 446 g/mol. The molecule has 3 rings (SSSR count). The molecule has 0 aromatic heterocycles. The van der Waals surface area contributed by atoms with E-state index >= 15 is 0 Å². The first-order chi connectivity index (χ1) is 15.9. The number of ether oxygens (including phenoxy) is 2. The minimum atomic E-state index is -2.83. The Hall–Kier alpha value is -2.64. The summed E-state index contributed by atoms with van der Waals surface area (Å²) < 4.78 is 17.8. The highest BCUT2D eigenvalue weighted by molar-refractivity contribution is 6.99. The highest BCUT2D eigenvalue weighted by Crippen LogP contribution is 2.39. The van der Waals surface area contributed by atoms with Gasteiger partial charge in [0.1, 0.15) is 11.6 Å². The first-order valence-electron chi connectivity index (χ1n) is 11.8. The number of benzene rings is 2. The van der Waals surface area contributed by atoms with E-state index < -0.39 is 32.0 Å². The van der Waals surface area contributed by atoms with Crippen LogP contribution in [-0.2, 0) is 18.7 Å². The predicted octanol–water partition coefficient (Wildman–Crippen LogP) is 4.11. The Morgan fingerprint density at radius 3 is 1.79 bits per heavy atom. The molecule has 1 fully saturated rings. The van der Waals surface area contributed by atoms with Crippen molar-refractivity contribution in [1.29, 1.82) is 0 Å². The van der Waals surface area contributed by atoms with Crippen LogP contribution in [0.25, 0.3) is 0 Å². The summed E-state index contributed by atoms with van der Waals surface area (Å²) in [5, 5.41) is 2.09. The molecule has 1 aliphatic heterocycles. The fourth-order valence-electron chi connectivity index (χ4n) is 4.71. The maximum Gasteiger partial charge on any atom is 0.411 e. The van der Waals surface area contributed by atoms with E-state index in [2.05, 4.69) is 45.0 Å². The second kappa shape index (κ2) is 9.92. The molecule has 0 unspecified atom stereocenters. The van der Waals surface area contributed by atoms with Crippen molar-refractivity contribution in [1.82, 2.24) is 4.90 Å². The normalized spacial score (nSPS) is 19.1. The number of carbonyl (C=O) groups excluding carboxylic acids is 2. The van der Waals surface area contributed by atoms with E-state index in [4.69, 9.17) is 13.9 Å². The van der Waals surface area contributed by atoms with Crippen LogP contribution < -0.4 is 10.4 Å². The highest BCUT2D eigenvalue weighted by Gasteiger charge is 2.54. The molecule has 1 heterocycles. The van der Waals surface area contributed by atoms with Crippen LogP contribution in [0.3, 0.4) is 0 Å². The standard InChI is InChI=1S/C27H37NO5Si/c1-26(2,3)32-25(30)28-19-20(18-23(28)24(29)31-7)33-34(27(4,5)6,21-14-10-8-11-15-21)22-16-12-9-13-17-22/h8-17,20,23H,18-19H2,1-7H3/t20-,23-/m0/s1. The molecule has 0 spiro atoms. The van der Waals surface area contributed by atoms with Crippen molar-refractivity contribution in [2.45, 2.75) is 70.7 Å². The van der Waals surface area contributed by atoms with Crippen LogP contribution in [0.1, 0.15) is 48.0 Å². The van der Waals surface area contributed by atoms with E-state index in [-0.39, 0.29) is 17.7 Å². The maximum absolute atomic E-state index is 13.0. The van der Waals surface area contributed by atoms with Gasteiger partial charge in [0.05, 0.1) is 13.2 Å². The zero-order valence-corrected chi connectivity index (χ0v) is 22.3. The Balaban J connectivity index is 2.04. The Bertz CT molecular complexity index is 942. The zero-order chi connectivity index (χ0) is 25.1. The number of amides is 1. The molecule has 0 aliphatic carbocycles. The topological polar surface area (TPSA) is 65.1 Å². The number of esters is 1. The van der Waals surface area contributed by atoms with Crippen molar-refractivity contribution in [3.8, 4) is 0 Å². The lowest BCUT2D eigenvalue weighted by atomic mass is 10.2. The molecule has 1 saturated heterocycles. The largest absolute Gasteiger partial charge is 0.467 e. The summed E-state index contributed by atoms with van der Waals surface area (Å²) in [6.45, 7) is 12.3. The van der Waals surface area contributed by atoms with E-state index in [9.17, 15) is 9.59 Å². The molecule has 2 aromatic rings. The van der Waals surface area contributed by atoms with Crippen molar-refractivity contribution in [2.24, 2.45) is 0 Å². The summed E-state index contributed by atoms with van der Waals surface area (Å²) in [5.41, 5.74) is -0.672. The molecule has 2 aromatic carbocycles. The van der Waals surface area contributed by atoms with E-state index in [0.29, 0.717) is 6.42 Å². The molecule has 0 N–H and O–H groups in total. The minimum absolute atomic E-state index is 0.212. The van der Waals surface area contributed by atoms with Gasteiger partial charge in [0.2, 0.25) is 0 Å². The van der Waals surface area contributed by atoms with Crippen LogP contribution >= 0.6 is 0 Å². The summed E-state index contributed by atoms with van der Waals surface area (Å²) in [6, 6.07) is 19.9. The molecule has 0 radical (unpaired) electrons. The Morgan fingerprint density at radius 1 is 0.882 bits per heavy atom. The fourth-order valence-corrected chi connectivity index (χ4v) is 9.39. The Kier molecular flexibility index (Phi) is 7.58. The zero-order valence-electron chi connectivity index (χ0n) is 21.3. The Morgan fingerprint density at radius 2 is 1.38 bits per heavy atom. The van der Waals surface area contributed by atoms with Gasteiger partial charge in [-0.2, -0.15) is 0 Å². The lowest BCUT2D eigenvalue weighted by Gasteiger charge is -2.44. The predicted molar refractivity (Wildman–Crippen MR) is 136 cm³/mol. The summed E-state index contributed by atoms with van der Waals surface area (Å²) in [6.07, 6.45) is -0.518. The molecule has 1 aliphatic rings. The number of nitrogens with zero attached hydrogens (tertiary/aromatic N) is 1. The SMILES string of the molecule is COC(=O)[C@@H]1C[C@H](O[Si](c2ccccc2)(c2ccccc2)C(C)(C)C)CN1C(=O)OC(C)(C)C.